The van der Waals surface area contributed by atoms with Gasteiger partial charge in [0, 0.05) is 18.5 Å². The quantitative estimate of drug-likeness (QED) is 0.572. The van der Waals surface area contributed by atoms with Gasteiger partial charge in [-0.15, -0.1) is 0 Å². The molecule has 2 heterocycles. The second-order valence-electron chi connectivity index (χ2n) is 8.00. The van der Waals surface area contributed by atoms with E-state index in [0.29, 0.717) is 25.7 Å². The molecule has 2 aromatic carbocycles. The van der Waals surface area contributed by atoms with Gasteiger partial charge in [0.25, 0.3) is 5.56 Å². The lowest BCUT2D eigenvalue weighted by molar-refractivity contribution is 0.195. The fraction of sp³-hybridized carbons (Fsp3) is 0.360. The molecule has 0 bridgehead atoms. The molecule has 0 saturated carbocycles. The Labute approximate surface area is 183 Å². The molecule has 0 fully saturated rings. The van der Waals surface area contributed by atoms with Gasteiger partial charge in [0.15, 0.2) is 0 Å². The number of para-hydroxylation sites is 2. The molecule has 0 amide bonds. The lowest BCUT2D eigenvalue weighted by Gasteiger charge is -2.38. The predicted octanol–water partition coefficient (Wildman–Crippen LogP) is 4.32. The van der Waals surface area contributed by atoms with Gasteiger partial charge in [-0.2, -0.15) is 0 Å². The minimum atomic E-state index is 0.0347. The number of unbranched alkanes of at least 4 members (excludes halogenated alkanes) is 1. The first kappa shape index (κ1) is 21.1. The molecule has 1 aliphatic rings. The molecule has 6 heteroatoms. The van der Waals surface area contributed by atoms with E-state index in [4.69, 9.17) is 9.72 Å². The summed E-state index contributed by atoms with van der Waals surface area (Å²) in [4.78, 5) is 22.9. The van der Waals surface area contributed by atoms with E-state index in [1.165, 1.54) is 0 Å². The summed E-state index contributed by atoms with van der Waals surface area (Å²) >= 11 is 0. The molecule has 0 unspecified atom stereocenters. The van der Waals surface area contributed by atoms with Crippen molar-refractivity contribution in [2.75, 3.05) is 25.2 Å². The van der Waals surface area contributed by atoms with Crippen LogP contribution in [0.2, 0.25) is 0 Å². The van der Waals surface area contributed by atoms with Crippen LogP contribution in [0.5, 0.6) is 5.75 Å². The fourth-order valence-electron chi connectivity index (χ4n) is 4.09. The number of hydrogen-bond acceptors (Lipinski definition) is 5. The zero-order valence-electron chi connectivity index (χ0n) is 18.5. The summed E-state index contributed by atoms with van der Waals surface area (Å²) in [5, 5.41) is 0. The fourth-order valence-corrected chi connectivity index (χ4v) is 4.09. The maximum absolute atomic E-state index is 13.6. The van der Waals surface area contributed by atoms with Crippen LogP contribution in [0.3, 0.4) is 0 Å². The SMILES string of the molecule is CCCCN1CN(c2ccccc2OC)c2nc(C)c(Cc3ccccc3)c(=O)n2C1. The number of nitrogens with zero attached hydrogens (tertiary/aromatic N) is 4. The highest BCUT2D eigenvalue weighted by Gasteiger charge is 2.29. The van der Waals surface area contributed by atoms with Gasteiger partial charge in [-0.25, -0.2) is 4.98 Å². The molecule has 0 saturated heterocycles. The summed E-state index contributed by atoms with van der Waals surface area (Å²) in [6.07, 6.45) is 2.78. The molecule has 6 nitrogen and oxygen atoms in total. The molecule has 0 radical (unpaired) electrons. The lowest BCUT2D eigenvalue weighted by atomic mass is 10.1. The summed E-state index contributed by atoms with van der Waals surface area (Å²) < 4.78 is 7.43. The van der Waals surface area contributed by atoms with Crippen molar-refractivity contribution in [3.05, 3.63) is 81.8 Å². The maximum Gasteiger partial charge on any atom is 0.259 e. The molecule has 4 rings (SSSR count). The third-order valence-corrected chi connectivity index (χ3v) is 5.80. The third kappa shape index (κ3) is 4.35. The molecular formula is C25H30N4O2. The Kier molecular flexibility index (Phi) is 6.37. The van der Waals surface area contributed by atoms with Crippen molar-refractivity contribution in [1.82, 2.24) is 14.5 Å². The highest BCUT2D eigenvalue weighted by molar-refractivity contribution is 5.66. The van der Waals surface area contributed by atoms with Crippen LogP contribution in [0.15, 0.2) is 59.4 Å². The first-order valence-electron chi connectivity index (χ1n) is 10.9. The number of aromatic nitrogens is 2. The van der Waals surface area contributed by atoms with E-state index < -0.39 is 0 Å². The molecule has 1 aliphatic heterocycles. The minimum Gasteiger partial charge on any atom is -0.495 e. The number of hydrogen-bond donors (Lipinski definition) is 0. The number of anilines is 2. The Bertz CT molecular complexity index is 1090. The van der Waals surface area contributed by atoms with E-state index >= 15 is 0 Å². The maximum atomic E-state index is 13.6. The van der Waals surface area contributed by atoms with Gasteiger partial charge in [0.1, 0.15) is 5.75 Å². The molecular weight excluding hydrogens is 388 g/mol. The van der Waals surface area contributed by atoms with E-state index in [0.717, 1.165) is 47.6 Å². The van der Waals surface area contributed by atoms with Crippen molar-refractivity contribution < 1.29 is 4.74 Å². The molecule has 0 aliphatic carbocycles. The van der Waals surface area contributed by atoms with E-state index in [1.807, 2.05) is 54.0 Å². The van der Waals surface area contributed by atoms with Gasteiger partial charge in [-0.1, -0.05) is 55.8 Å². The van der Waals surface area contributed by atoms with Gasteiger partial charge in [0.05, 0.1) is 31.8 Å². The highest BCUT2D eigenvalue weighted by atomic mass is 16.5. The normalized spacial score (nSPS) is 13.8. The number of ether oxygens (including phenoxy) is 1. The van der Waals surface area contributed by atoms with Crippen LogP contribution in [-0.4, -0.2) is 34.8 Å². The summed E-state index contributed by atoms with van der Waals surface area (Å²) in [6.45, 7) is 6.27. The summed E-state index contributed by atoms with van der Waals surface area (Å²) in [6, 6.07) is 18.0. The third-order valence-electron chi connectivity index (χ3n) is 5.80. The predicted molar refractivity (Wildman–Crippen MR) is 124 cm³/mol. The highest BCUT2D eigenvalue weighted by Crippen LogP contribution is 2.34. The van der Waals surface area contributed by atoms with Crippen molar-refractivity contribution in [1.29, 1.82) is 0 Å². The van der Waals surface area contributed by atoms with Gasteiger partial charge in [-0.05, 0) is 31.0 Å². The van der Waals surface area contributed by atoms with Crippen molar-refractivity contribution in [2.45, 2.75) is 39.8 Å². The minimum absolute atomic E-state index is 0.0347. The van der Waals surface area contributed by atoms with Crippen molar-refractivity contribution in [3.8, 4) is 5.75 Å². The first-order valence-corrected chi connectivity index (χ1v) is 10.9. The Morgan fingerprint density at radius 2 is 1.77 bits per heavy atom. The van der Waals surface area contributed by atoms with Crippen LogP contribution in [-0.2, 0) is 13.1 Å². The lowest BCUT2D eigenvalue weighted by Crippen LogP contribution is -2.48. The van der Waals surface area contributed by atoms with Crippen molar-refractivity contribution in [3.63, 3.8) is 0 Å². The molecule has 3 aromatic rings. The van der Waals surface area contributed by atoms with Gasteiger partial charge in [0.2, 0.25) is 5.95 Å². The molecule has 162 valence electrons. The van der Waals surface area contributed by atoms with Crippen molar-refractivity contribution in [2.24, 2.45) is 0 Å². The average Bonchev–Trinajstić information content (AvgIpc) is 2.81. The zero-order chi connectivity index (χ0) is 21.8. The van der Waals surface area contributed by atoms with E-state index in [-0.39, 0.29) is 5.56 Å². The standard InChI is InChI=1S/C25H30N4O2/c1-4-5-15-27-17-28(22-13-9-10-14-23(22)31-3)25-26-19(2)21(24(30)29(25)18-27)16-20-11-7-6-8-12-20/h6-14H,4-5,15-18H2,1-3H3. The van der Waals surface area contributed by atoms with Gasteiger partial charge >= 0.3 is 0 Å². The average molecular weight is 419 g/mol. The molecule has 0 N–H and O–H groups in total. The Balaban J connectivity index is 1.81. The largest absolute Gasteiger partial charge is 0.495 e. The second-order valence-corrected chi connectivity index (χ2v) is 8.00. The second kappa shape index (κ2) is 9.35. The van der Waals surface area contributed by atoms with Crippen LogP contribution >= 0.6 is 0 Å². The number of fused-ring (bicyclic) bond motifs is 1. The summed E-state index contributed by atoms with van der Waals surface area (Å²) in [5.74, 6) is 1.45. The van der Waals surface area contributed by atoms with Crippen LogP contribution in [0.1, 0.15) is 36.6 Å². The van der Waals surface area contributed by atoms with Crippen LogP contribution < -0.4 is 15.2 Å². The van der Waals surface area contributed by atoms with Crippen LogP contribution in [0, 0.1) is 6.92 Å². The molecule has 0 spiro atoms. The number of benzene rings is 2. The van der Waals surface area contributed by atoms with Gasteiger partial charge in [-0.3, -0.25) is 19.2 Å². The number of aryl methyl sites for hydroxylation is 1. The monoisotopic (exact) mass is 418 g/mol. The van der Waals surface area contributed by atoms with E-state index in [2.05, 4.69) is 28.9 Å². The molecule has 31 heavy (non-hydrogen) atoms. The van der Waals surface area contributed by atoms with E-state index in [9.17, 15) is 4.79 Å². The van der Waals surface area contributed by atoms with E-state index in [1.54, 1.807) is 7.11 Å². The van der Waals surface area contributed by atoms with Crippen LogP contribution in [0.25, 0.3) is 0 Å². The first-order chi connectivity index (χ1) is 15.1. The van der Waals surface area contributed by atoms with Crippen LogP contribution in [0.4, 0.5) is 11.6 Å². The smallest absolute Gasteiger partial charge is 0.259 e. The summed E-state index contributed by atoms with van der Waals surface area (Å²) in [7, 11) is 1.67. The zero-order valence-corrected chi connectivity index (χ0v) is 18.5. The number of rotatable bonds is 7. The molecule has 1 aromatic heterocycles. The summed E-state index contributed by atoms with van der Waals surface area (Å²) in [5.41, 5.74) is 3.61. The Morgan fingerprint density at radius 3 is 2.52 bits per heavy atom. The molecule has 0 atom stereocenters. The topological polar surface area (TPSA) is 50.6 Å². The number of methoxy groups -OCH3 is 1. The Hall–Kier alpha value is -3.12. The van der Waals surface area contributed by atoms with Gasteiger partial charge < -0.3 is 4.74 Å². The Morgan fingerprint density at radius 1 is 1.03 bits per heavy atom. The van der Waals surface area contributed by atoms with Crippen molar-refractivity contribution >= 4 is 11.6 Å².